The molecule has 0 unspecified atom stereocenters. The zero-order valence-electron chi connectivity index (χ0n) is 18.2. The van der Waals surface area contributed by atoms with Crippen molar-refractivity contribution in [2.75, 3.05) is 26.0 Å². The van der Waals surface area contributed by atoms with Crippen LogP contribution < -0.4 is 15.4 Å². The molecule has 0 radical (unpaired) electrons. The molecule has 33 heavy (non-hydrogen) atoms. The SMILES string of the molecule is C=C(NC(=O)C(=C)N1Cc2c(cccc2-c2ccc3c(c2)OCC(=O)N3)C1=O)C(=O)N(C)C. The average molecular weight is 446 g/mol. The number of anilines is 1. The number of hydrogen-bond acceptors (Lipinski definition) is 5. The summed E-state index contributed by atoms with van der Waals surface area (Å²) >= 11 is 0. The lowest BCUT2D eigenvalue weighted by molar-refractivity contribution is -0.127. The van der Waals surface area contributed by atoms with Gasteiger partial charge in [-0.05, 0) is 34.9 Å². The predicted octanol–water partition coefficient (Wildman–Crippen LogP) is 1.87. The summed E-state index contributed by atoms with van der Waals surface area (Å²) in [7, 11) is 3.08. The number of hydrogen-bond donors (Lipinski definition) is 2. The summed E-state index contributed by atoms with van der Waals surface area (Å²) in [5.74, 6) is -1.18. The van der Waals surface area contributed by atoms with Crippen molar-refractivity contribution in [3.05, 3.63) is 72.1 Å². The van der Waals surface area contributed by atoms with Crippen LogP contribution in [0.25, 0.3) is 11.1 Å². The maximum absolute atomic E-state index is 13.0. The summed E-state index contributed by atoms with van der Waals surface area (Å²) in [6, 6.07) is 10.7. The summed E-state index contributed by atoms with van der Waals surface area (Å²) in [6.45, 7) is 7.41. The molecular weight excluding hydrogens is 424 g/mol. The van der Waals surface area contributed by atoms with Crippen molar-refractivity contribution in [1.82, 2.24) is 15.1 Å². The van der Waals surface area contributed by atoms with Gasteiger partial charge >= 0.3 is 0 Å². The molecule has 0 bridgehead atoms. The molecule has 4 amide bonds. The summed E-state index contributed by atoms with van der Waals surface area (Å²) < 4.78 is 5.51. The van der Waals surface area contributed by atoms with Crippen LogP contribution >= 0.6 is 0 Å². The standard InChI is InChI=1S/C24H22N4O5/c1-13(23(31)27(3)4)25-22(30)14(2)28-11-18-16(6-5-7-17(18)24(28)32)15-8-9-19-20(10-15)33-12-21(29)26-19/h5-10H,1-2,11-12H2,3-4H3,(H,25,30)(H,26,29). The first-order chi connectivity index (χ1) is 15.7. The third-order valence-corrected chi connectivity index (χ3v) is 5.41. The lowest BCUT2D eigenvalue weighted by atomic mass is 9.96. The van der Waals surface area contributed by atoms with Crippen molar-refractivity contribution in [3.8, 4) is 16.9 Å². The molecule has 168 valence electrons. The van der Waals surface area contributed by atoms with Crippen LogP contribution in [0.2, 0.25) is 0 Å². The van der Waals surface area contributed by atoms with Gasteiger partial charge in [0, 0.05) is 19.7 Å². The van der Waals surface area contributed by atoms with Gasteiger partial charge in [-0.15, -0.1) is 0 Å². The molecule has 0 atom stereocenters. The highest BCUT2D eigenvalue weighted by molar-refractivity contribution is 6.08. The highest BCUT2D eigenvalue weighted by Crippen LogP contribution is 2.38. The minimum atomic E-state index is -0.684. The maximum atomic E-state index is 13.0. The van der Waals surface area contributed by atoms with E-state index in [0.29, 0.717) is 17.0 Å². The fourth-order valence-corrected chi connectivity index (χ4v) is 3.72. The van der Waals surface area contributed by atoms with Crippen LogP contribution in [-0.4, -0.2) is 54.1 Å². The zero-order chi connectivity index (χ0) is 23.9. The van der Waals surface area contributed by atoms with Gasteiger partial charge < -0.3 is 20.3 Å². The fraction of sp³-hybridized carbons (Fsp3) is 0.167. The van der Waals surface area contributed by atoms with E-state index < -0.39 is 11.8 Å². The van der Waals surface area contributed by atoms with Crippen molar-refractivity contribution in [1.29, 1.82) is 0 Å². The number of fused-ring (bicyclic) bond motifs is 2. The molecule has 0 aromatic heterocycles. The van der Waals surface area contributed by atoms with E-state index in [2.05, 4.69) is 23.8 Å². The number of benzene rings is 2. The van der Waals surface area contributed by atoms with E-state index >= 15 is 0 Å². The quantitative estimate of drug-likeness (QED) is 0.682. The molecule has 2 aromatic rings. The van der Waals surface area contributed by atoms with Gasteiger partial charge in [0.2, 0.25) is 0 Å². The van der Waals surface area contributed by atoms with Crippen molar-refractivity contribution in [2.24, 2.45) is 0 Å². The minimum Gasteiger partial charge on any atom is -0.482 e. The second kappa shape index (κ2) is 8.27. The van der Waals surface area contributed by atoms with Crippen LogP contribution in [0.5, 0.6) is 5.75 Å². The first kappa shape index (κ1) is 21.8. The Kier molecular flexibility index (Phi) is 5.47. The Bertz CT molecular complexity index is 1250. The van der Waals surface area contributed by atoms with Gasteiger partial charge in [0.15, 0.2) is 6.61 Å². The highest BCUT2D eigenvalue weighted by Gasteiger charge is 2.34. The van der Waals surface area contributed by atoms with Crippen molar-refractivity contribution < 1.29 is 23.9 Å². The Morgan fingerprint density at radius 2 is 1.85 bits per heavy atom. The van der Waals surface area contributed by atoms with E-state index in [1.54, 1.807) is 24.3 Å². The van der Waals surface area contributed by atoms with E-state index in [1.165, 1.54) is 23.9 Å². The third kappa shape index (κ3) is 3.96. The molecule has 2 aliphatic heterocycles. The van der Waals surface area contributed by atoms with E-state index in [0.717, 1.165) is 16.7 Å². The Balaban J connectivity index is 1.58. The Morgan fingerprint density at radius 1 is 1.12 bits per heavy atom. The van der Waals surface area contributed by atoms with Crippen molar-refractivity contribution in [2.45, 2.75) is 6.54 Å². The predicted molar refractivity (Wildman–Crippen MR) is 121 cm³/mol. The summed E-state index contributed by atoms with van der Waals surface area (Å²) in [4.78, 5) is 51.7. The second-order valence-corrected chi connectivity index (χ2v) is 7.85. The first-order valence-electron chi connectivity index (χ1n) is 10.1. The van der Waals surface area contributed by atoms with Crippen LogP contribution in [0.4, 0.5) is 5.69 Å². The normalized spacial score (nSPS) is 13.9. The number of nitrogens with zero attached hydrogens (tertiary/aromatic N) is 2. The minimum absolute atomic E-state index is 0.0633. The molecule has 2 N–H and O–H groups in total. The van der Waals surface area contributed by atoms with Crippen LogP contribution in [0.3, 0.4) is 0 Å². The van der Waals surface area contributed by atoms with Gasteiger partial charge in [-0.25, -0.2) is 0 Å². The zero-order valence-corrected chi connectivity index (χ0v) is 18.2. The average Bonchev–Trinajstić information content (AvgIpc) is 3.14. The van der Waals surface area contributed by atoms with Gasteiger partial charge in [0.25, 0.3) is 23.6 Å². The monoisotopic (exact) mass is 446 g/mol. The number of rotatable bonds is 5. The molecule has 2 aliphatic rings. The molecule has 9 heteroatoms. The molecule has 0 aliphatic carbocycles. The molecule has 9 nitrogen and oxygen atoms in total. The summed E-state index contributed by atoms with van der Waals surface area (Å²) in [5.41, 5.74) is 3.17. The van der Waals surface area contributed by atoms with E-state index in [9.17, 15) is 19.2 Å². The van der Waals surface area contributed by atoms with Gasteiger partial charge in [-0.1, -0.05) is 31.4 Å². The fourth-order valence-electron chi connectivity index (χ4n) is 3.72. The van der Waals surface area contributed by atoms with Crippen LogP contribution in [0.15, 0.2) is 61.0 Å². The van der Waals surface area contributed by atoms with E-state index in [4.69, 9.17) is 4.74 Å². The molecule has 2 heterocycles. The van der Waals surface area contributed by atoms with Crippen LogP contribution in [-0.2, 0) is 20.9 Å². The van der Waals surface area contributed by atoms with Gasteiger partial charge in [0.05, 0.1) is 17.9 Å². The van der Waals surface area contributed by atoms with Gasteiger partial charge in [-0.3, -0.25) is 24.1 Å². The lowest BCUT2D eigenvalue weighted by Gasteiger charge is -2.20. The van der Waals surface area contributed by atoms with E-state index in [1.807, 2.05) is 12.1 Å². The first-order valence-corrected chi connectivity index (χ1v) is 10.1. The molecule has 0 saturated carbocycles. The molecule has 2 aromatic carbocycles. The second-order valence-electron chi connectivity index (χ2n) is 7.85. The number of amides is 4. The third-order valence-electron chi connectivity index (χ3n) is 5.41. The van der Waals surface area contributed by atoms with Crippen molar-refractivity contribution >= 4 is 29.3 Å². The van der Waals surface area contributed by atoms with E-state index in [-0.39, 0.29) is 36.4 Å². The number of ether oxygens (including phenoxy) is 1. The maximum Gasteiger partial charge on any atom is 0.271 e. The lowest BCUT2D eigenvalue weighted by Crippen LogP contribution is -2.38. The Hall–Kier alpha value is -4.40. The number of carbonyl (C=O) groups is 4. The molecule has 0 saturated heterocycles. The molecule has 0 spiro atoms. The number of likely N-dealkylation sites (N-methyl/N-ethyl adjacent to an activating group) is 1. The van der Waals surface area contributed by atoms with Gasteiger partial charge in [-0.2, -0.15) is 0 Å². The Labute approximate surface area is 190 Å². The molecule has 0 fully saturated rings. The van der Waals surface area contributed by atoms with Crippen LogP contribution in [0.1, 0.15) is 15.9 Å². The smallest absolute Gasteiger partial charge is 0.271 e. The largest absolute Gasteiger partial charge is 0.482 e. The van der Waals surface area contributed by atoms with Crippen LogP contribution in [0, 0.1) is 0 Å². The highest BCUT2D eigenvalue weighted by atomic mass is 16.5. The number of carbonyl (C=O) groups excluding carboxylic acids is 4. The topological polar surface area (TPSA) is 108 Å². The molecule has 4 rings (SSSR count). The van der Waals surface area contributed by atoms with Crippen molar-refractivity contribution in [3.63, 3.8) is 0 Å². The number of nitrogens with one attached hydrogen (secondary N) is 2. The Morgan fingerprint density at radius 3 is 2.58 bits per heavy atom. The summed E-state index contributed by atoms with van der Waals surface area (Å²) in [5, 5.41) is 5.15. The summed E-state index contributed by atoms with van der Waals surface area (Å²) in [6.07, 6.45) is 0. The molecular formula is C24H22N4O5. The van der Waals surface area contributed by atoms with Gasteiger partial charge in [0.1, 0.15) is 11.4 Å².